The molecule has 1 saturated heterocycles. The Bertz CT molecular complexity index is 913. The van der Waals surface area contributed by atoms with Gasteiger partial charge in [-0.2, -0.15) is 0 Å². The third-order valence-corrected chi connectivity index (χ3v) is 6.17. The highest BCUT2D eigenvalue weighted by atomic mass is 32.2. The molecule has 166 valence electrons. The van der Waals surface area contributed by atoms with Gasteiger partial charge in [0.25, 0.3) is 0 Å². The first-order valence-electron chi connectivity index (χ1n) is 10.2. The Morgan fingerprint density at radius 3 is 2.45 bits per heavy atom. The Morgan fingerprint density at radius 1 is 1.03 bits per heavy atom. The molecule has 8 heteroatoms. The van der Waals surface area contributed by atoms with Gasteiger partial charge in [0.05, 0.1) is 32.1 Å². The summed E-state index contributed by atoms with van der Waals surface area (Å²) < 4.78 is 10.5. The minimum atomic E-state index is -0.111. The van der Waals surface area contributed by atoms with E-state index in [2.05, 4.69) is 15.5 Å². The second-order valence-electron chi connectivity index (χ2n) is 7.35. The van der Waals surface area contributed by atoms with Crippen molar-refractivity contribution >= 4 is 35.0 Å². The lowest BCUT2D eigenvalue weighted by Gasteiger charge is -2.30. The minimum Gasteiger partial charge on any atom is -0.497 e. The Kier molecular flexibility index (Phi) is 8.20. The van der Waals surface area contributed by atoms with E-state index in [0.29, 0.717) is 30.3 Å². The number of likely N-dealkylation sites (tertiary alicyclic amines) is 1. The number of methoxy groups -OCH3 is 2. The molecule has 1 heterocycles. The zero-order valence-electron chi connectivity index (χ0n) is 18.1. The first kappa shape index (κ1) is 23.0. The minimum absolute atomic E-state index is 0.0455. The van der Waals surface area contributed by atoms with Crippen LogP contribution < -0.4 is 20.1 Å². The predicted octanol–water partition coefficient (Wildman–Crippen LogP) is 3.71. The zero-order valence-corrected chi connectivity index (χ0v) is 19.0. The van der Waals surface area contributed by atoms with Crippen LogP contribution in [0, 0.1) is 5.92 Å². The molecular weight excluding hydrogens is 414 g/mol. The first-order valence-corrected chi connectivity index (χ1v) is 11.4. The number of piperidine rings is 1. The van der Waals surface area contributed by atoms with Crippen molar-refractivity contribution in [3.8, 4) is 11.5 Å². The number of rotatable bonds is 8. The van der Waals surface area contributed by atoms with E-state index in [0.717, 1.165) is 23.4 Å². The molecule has 1 aliphatic rings. The maximum absolute atomic E-state index is 12.7. The number of para-hydroxylation sites is 1. The number of hydrogen-bond donors (Lipinski definition) is 2. The van der Waals surface area contributed by atoms with Crippen LogP contribution >= 0.6 is 11.8 Å². The van der Waals surface area contributed by atoms with Crippen LogP contribution in [0.5, 0.6) is 11.5 Å². The molecule has 2 N–H and O–H groups in total. The van der Waals surface area contributed by atoms with Gasteiger partial charge in [-0.15, -0.1) is 11.8 Å². The molecule has 0 bridgehead atoms. The number of carbonyl (C=O) groups is 2. The summed E-state index contributed by atoms with van der Waals surface area (Å²) in [6, 6.07) is 13.1. The molecule has 0 saturated carbocycles. The van der Waals surface area contributed by atoms with Crippen molar-refractivity contribution in [3.05, 3.63) is 42.5 Å². The quantitative estimate of drug-likeness (QED) is 0.606. The van der Waals surface area contributed by atoms with Crippen molar-refractivity contribution in [1.82, 2.24) is 4.90 Å². The molecule has 1 aliphatic heterocycles. The van der Waals surface area contributed by atoms with Gasteiger partial charge in [0.1, 0.15) is 11.5 Å². The molecular formula is C23H29N3O4S. The van der Waals surface area contributed by atoms with Crippen molar-refractivity contribution in [1.29, 1.82) is 0 Å². The average Bonchev–Trinajstić information content (AvgIpc) is 2.80. The van der Waals surface area contributed by atoms with E-state index < -0.39 is 0 Å². The second kappa shape index (κ2) is 11.1. The smallest absolute Gasteiger partial charge is 0.238 e. The summed E-state index contributed by atoms with van der Waals surface area (Å²) in [5, 5.41) is 5.96. The zero-order chi connectivity index (χ0) is 22.2. The fourth-order valence-corrected chi connectivity index (χ4v) is 4.18. The number of benzene rings is 2. The maximum Gasteiger partial charge on any atom is 0.238 e. The fraction of sp³-hybridized carbons (Fsp3) is 0.391. The monoisotopic (exact) mass is 443 g/mol. The number of carbonyl (C=O) groups excluding carboxylic acids is 2. The number of ether oxygens (including phenoxy) is 2. The number of amides is 2. The number of anilines is 2. The van der Waals surface area contributed by atoms with Crippen LogP contribution in [0.1, 0.15) is 12.8 Å². The Hall–Kier alpha value is -2.71. The number of nitrogens with zero attached hydrogens (tertiary/aromatic N) is 1. The van der Waals surface area contributed by atoms with Crippen LogP contribution in [0.2, 0.25) is 0 Å². The van der Waals surface area contributed by atoms with Crippen LogP contribution in [-0.2, 0) is 9.59 Å². The van der Waals surface area contributed by atoms with Gasteiger partial charge in [-0.05, 0) is 56.5 Å². The lowest BCUT2D eigenvalue weighted by atomic mass is 9.96. The molecule has 0 atom stereocenters. The van der Waals surface area contributed by atoms with Crippen molar-refractivity contribution < 1.29 is 19.1 Å². The first-order chi connectivity index (χ1) is 15.0. The molecule has 3 rings (SSSR count). The van der Waals surface area contributed by atoms with E-state index in [1.165, 1.54) is 0 Å². The Morgan fingerprint density at radius 2 is 1.77 bits per heavy atom. The van der Waals surface area contributed by atoms with Crippen LogP contribution in [-0.4, -0.2) is 56.8 Å². The third-order valence-electron chi connectivity index (χ3n) is 5.37. The molecule has 31 heavy (non-hydrogen) atoms. The van der Waals surface area contributed by atoms with E-state index in [9.17, 15) is 9.59 Å². The van der Waals surface area contributed by atoms with Gasteiger partial charge in [0.2, 0.25) is 11.8 Å². The van der Waals surface area contributed by atoms with Gasteiger partial charge >= 0.3 is 0 Å². The number of hydrogen-bond acceptors (Lipinski definition) is 6. The summed E-state index contributed by atoms with van der Waals surface area (Å²) in [5.41, 5.74) is 1.46. The van der Waals surface area contributed by atoms with Crippen molar-refractivity contribution in [2.45, 2.75) is 17.7 Å². The highest BCUT2D eigenvalue weighted by molar-refractivity contribution is 7.98. The van der Waals surface area contributed by atoms with Gasteiger partial charge in [0, 0.05) is 16.9 Å². The standard InChI is InChI=1S/C23H29N3O4S/c1-29-17-8-9-18(20(14-17)30-2)24-22(27)15-26-12-10-16(11-13-26)23(28)25-19-6-4-5-7-21(19)31-3/h4-9,14,16H,10-13,15H2,1-3H3,(H,24,27)(H,25,28). The molecule has 2 amide bonds. The number of nitrogens with one attached hydrogen (secondary N) is 2. The van der Waals surface area contributed by atoms with Crippen molar-refractivity contribution in [3.63, 3.8) is 0 Å². The van der Waals surface area contributed by atoms with E-state index in [-0.39, 0.29) is 24.3 Å². The maximum atomic E-state index is 12.7. The highest BCUT2D eigenvalue weighted by Gasteiger charge is 2.26. The molecule has 2 aromatic carbocycles. The summed E-state index contributed by atoms with van der Waals surface area (Å²) in [5.74, 6) is 1.11. The summed E-state index contributed by atoms with van der Waals surface area (Å²) >= 11 is 1.61. The lowest BCUT2D eigenvalue weighted by molar-refractivity contribution is -0.121. The number of thioether (sulfide) groups is 1. The summed E-state index contributed by atoms with van der Waals surface area (Å²) in [6.07, 6.45) is 3.45. The topological polar surface area (TPSA) is 79.9 Å². The van der Waals surface area contributed by atoms with Gasteiger partial charge in [-0.1, -0.05) is 12.1 Å². The van der Waals surface area contributed by atoms with Crippen LogP contribution in [0.25, 0.3) is 0 Å². The third kappa shape index (κ3) is 6.15. The van der Waals surface area contributed by atoms with Gasteiger partial charge in [-0.25, -0.2) is 0 Å². The molecule has 0 aromatic heterocycles. The van der Waals surface area contributed by atoms with Gasteiger partial charge in [-0.3, -0.25) is 14.5 Å². The van der Waals surface area contributed by atoms with Gasteiger partial charge in [0.15, 0.2) is 0 Å². The van der Waals surface area contributed by atoms with Crippen molar-refractivity contribution in [2.24, 2.45) is 5.92 Å². The Balaban J connectivity index is 1.48. The molecule has 0 aliphatic carbocycles. The fourth-order valence-electron chi connectivity index (χ4n) is 3.63. The Labute approximate surface area is 187 Å². The van der Waals surface area contributed by atoms with E-state index in [1.54, 1.807) is 44.2 Å². The molecule has 0 radical (unpaired) electrons. The summed E-state index contributed by atoms with van der Waals surface area (Å²) in [4.78, 5) is 28.3. The van der Waals surface area contributed by atoms with Gasteiger partial charge < -0.3 is 20.1 Å². The second-order valence-corrected chi connectivity index (χ2v) is 8.20. The van der Waals surface area contributed by atoms with Crippen LogP contribution in [0.3, 0.4) is 0 Å². The highest BCUT2D eigenvalue weighted by Crippen LogP contribution is 2.29. The molecule has 1 fully saturated rings. The summed E-state index contributed by atoms with van der Waals surface area (Å²) in [7, 11) is 3.14. The molecule has 0 unspecified atom stereocenters. The van der Waals surface area contributed by atoms with Crippen LogP contribution in [0.15, 0.2) is 47.4 Å². The normalized spacial score (nSPS) is 14.7. The average molecular weight is 444 g/mol. The summed E-state index contributed by atoms with van der Waals surface area (Å²) in [6.45, 7) is 1.68. The molecule has 2 aromatic rings. The largest absolute Gasteiger partial charge is 0.497 e. The van der Waals surface area contributed by atoms with E-state index in [1.807, 2.05) is 30.5 Å². The van der Waals surface area contributed by atoms with Crippen LogP contribution in [0.4, 0.5) is 11.4 Å². The van der Waals surface area contributed by atoms with E-state index in [4.69, 9.17) is 9.47 Å². The SMILES string of the molecule is COc1ccc(NC(=O)CN2CCC(C(=O)Nc3ccccc3SC)CC2)c(OC)c1. The lowest BCUT2D eigenvalue weighted by Crippen LogP contribution is -2.41. The molecule has 0 spiro atoms. The van der Waals surface area contributed by atoms with Crippen molar-refractivity contribution in [2.75, 3.05) is 50.7 Å². The molecule has 7 nitrogen and oxygen atoms in total. The van der Waals surface area contributed by atoms with E-state index >= 15 is 0 Å². The predicted molar refractivity (Wildman–Crippen MR) is 124 cm³/mol.